The Labute approximate surface area is 139 Å². The Balaban J connectivity index is 1.58. The summed E-state index contributed by atoms with van der Waals surface area (Å²) < 4.78 is 0. The van der Waals surface area contributed by atoms with Crippen molar-refractivity contribution in [1.82, 2.24) is 9.80 Å². The average Bonchev–Trinajstić information content (AvgIpc) is 2.94. The Morgan fingerprint density at radius 1 is 1.13 bits per heavy atom. The largest absolute Gasteiger partial charge is 0.481 e. The lowest BCUT2D eigenvalue weighted by molar-refractivity contribution is -0.154. The number of carbonyl (C=O) groups excluding carboxylic acids is 1. The van der Waals surface area contributed by atoms with Gasteiger partial charge in [-0.1, -0.05) is 32.1 Å². The number of fused-ring (bicyclic) bond motifs is 1. The van der Waals surface area contributed by atoms with Crippen LogP contribution in [0.15, 0.2) is 0 Å². The topological polar surface area (TPSA) is 60.9 Å². The quantitative estimate of drug-likeness (QED) is 0.862. The third-order valence-electron chi connectivity index (χ3n) is 6.38. The van der Waals surface area contributed by atoms with E-state index in [1.165, 1.54) is 32.1 Å². The molecule has 1 aliphatic carbocycles. The number of hydrogen-bond acceptors (Lipinski definition) is 3. The van der Waals surface area contributed by atoms with Gasteiger partial charge in [0.25, 0.3) is 0 Å². The van der Waals surface area contributed by atoms with Gasteiger partial charge in [0.05, 0.1) is 0 Å². The van der Waals surface area contributed by atoms with Crippen LogP contribution in [0.3, 0.4) is 0 Å². The first-order chi connectivity index (χ1) is 11.0. The monoisotopic (exact) mass is 322 g/mol. The summed E-state index contributed by atoms with van der Waals surface area (Å²) in [5.74, 6) is 0.275. The van der Waals surface area contributed by atoms with Crippen molar-refractivity contribution >= 4 is 11.9 Å². The number of carbonyl (C=O) groups is 2. The van der Waals surface area contributed by atoms with E-state index in [-0.39, 0.29) is 11.8 Å². The molecule has 23 heavy (non-hydrogen) atoms. The summed E-state index contributed by atoms with van der Waals surface area (Å²) in [6.45, 7) is 2.55. The third-order valence-corrected chi connectivity index (χ3v) is 6.38. The third kappa shape index (κ3) is 3.39. The Morgan fingerprint density at radius 2 is 1.87 bits per heavy atom. The van der Waals surface area contributed by atoms with E-state index in [1.54, 1.807) is 0 Å². The maximum absolute atomic E-state index is 12.6. The van der Waals surface area contributed by atoms with E-state index in [0.29, 0.717) is 32.0 Å². The number of aliphatic carboxylic acids is 1. The first kappa shape index (κ1) is 16.7. The van der Waals surface area contributed by atoms with Crippen LogP contribution < -0.4 is 0 Å². The van der Waals surface area contributed by atoms with Gasteiger partial charge in [0.15, 0.2) is 0 Å². The normalized spacial score (nSPS) is 32.7. The highest BCUT2D eigenvalue weighted by atomic mass is 16.4. The molecule has 3 aliphatic rings. The highest BCUT2D eigenvalue weighted by Gasteiger charge is 2.55. The molecule has 0 bridgehead atoms. The van der Waals surface area contributed by atoms with Crippen LogP contribution in [0.25, 0.3) is 0 Å². The molecule has 2 atom stereocenters. The summed E-state index contributed by atoms with van der Waals surface area (Å²) in [4.78, 5) is 28.5. The van der Waals surface area contributed by atoms with Gasteiger partial charge >= 0.3 is 5.97 Å². The second kappa shape index (κ2) is 6.80. The van der Waals surface area contributed by atoms with Gasteiger partial charge in [0.2, 0.25) is 5.91 Å². The van der Waals surface area contributed by atoms with Gasteiger partial charge in [-0.25, -0.2) is 0 Å². The molecule has 0 unspecified atom stereocenters. The predicted molar refractivity (Wildman–Crippen MR) is 88.1 cm³/mol. The fraction of sp³-hybridized carbons (Fsp3) is 0.889. The van der Waals surface area contributed by atoms with Gasteiger partial charge in [0.1, 0.15) is 5.41 Å². The minimum Gasteiger partial charge on any atom is -0.481 e. The molecule has 0 aromatic rings. The van der Waals surface area contributed by atoms with Crippen LogP contribution in [0.4, 0.5) is 0 Å². The standard InChI is InChI=1S/C18H30N2O3/c1-19-10-9-15-11-20(13-18(15,12-19)17(22)23)16(21)8-7-14-5-3-2-4-6-14/h14-15H,2-13H2,1H3,(H,22,23)/t15-,18-/m0/s1. The van der Waals surface area contributed by atoms with E-state index in [4.69, 9.17) is 0 Å². The molecule has 3 rings (SSSR count). The lowest BCUT2D eigenvalue weighted by Gasteiger charge is -2.39. The lowest BCUT2D eigenvalue weighted by atomic mass is 9.73. The molecule has 3 fully saturated rings. The molecular formula is C18H30N2O3. The Morgan fingerprint density at radius 3 is 2.57 bits per heavy atom. The molecule has 0 radical (unpaired) electrons. The number of nitrogens with zero attached hydrogens (tertiary/aromatic N) is 2. The number of hydrogen-bond donors (Lipinski definition) is 1. The van der Waals surface area contributed by atoms with Crippen LogP contribution in [0.2, 0.25) is 0 Å². The zero-order valence-electron chi connectivity index (χ0n) is 14.3. The average molecular weight is 322 g/mol. The van der Waals surface area contributed by atoms with Gasteiger partial charge in [-0.15, -0.1) is 0 Å². The Kier molecular flexibility index (Phi) is 4.95. The molecule has 2 aliphatic heterocycles. The maximum atomic E-state index is 12.6. The van der Waals surface area contributed by atoms with Crippen molar-refractivity contribution in [3.63, 3.8) is 0 Å². The highest BCUT2D eigenvalue weighted by molar-refractivity contribution is 5.81. The molecule has 5 nitrogen and oxygen atoms in total. The van der Waals surface area contributed by atoms with Crippen molar-refractivity contribution in [2.75, 3.05) is 33.2 Å². The molecule has 5 heteroatoms. The molecule has 0 aromatic carbocycles. The zero-order chi connectivity index (χ0) is 16.4. The van der Waals surface area contributed by atoms with Gasteiger partial charge in [-0.05, 0) is 38.3 Å². The van der Waals surface area contributed by atoms with E-state index in [9.17, 15) is 14.7 Å². The number of amides is 1. The molecule has 1 saturated carbocycles. The molecule has 1 amide bonds. The van der Waals surface area contributed by atoms with E-state index in [1.807, 2.05) is 11.9 Å². The summed E-state index contributed by atoms with van der Waals surface area (Å²) in [5.41, 5.74) is -0.743. The second-order valence-corrected chi connectivity index (χ2v) is 8.00. The first-order valence-corrected chi connectivity index (χ1v) is 9.21. The summed E-state index contributed by atoms with van der Waals surface area (Å²) in [6, 6.07) is 0. The summed E-state index contributed by atoms with van der Waals surface area (Å²) in [6.07, 6.45) is 8.95. The fourth-order valence-corrected chi connectivity index (χ4v) is 4.92. The van der Waals surface area contributed by atoms with Crippen LogP contribution in [-0.2, 0) is 9.59 Å². The van der Waals surface area contributed by atoms with E-state index >= 15 is 0 Å². The van der Waals surface area contributed by atoms with Crippen molar-refractivity contribution in [3.05, 3.63) is 0 Å². The van der Waals surface area contributed by atoms with Crippen molar-refractivity contribution in [2.45, 2.75) is 51.4 Å². The highest BCUT2D eigenvalue weighted by Crippen LogP contribution is 2.42. The smallest absolute Gasteiger partial charge is 0.313 e. The summed E-state index contributed by atoms with van der Waals surface area (Å²) in [5, 5.41) is 9.79. The summed E-state index contributed by atoms with van der Waals surface area (Å²) >= 11 is 0. The van der Waals surface area contributed by atoms with E-state index in [0.717, 1.165) is 19.4 Å². The van der Waals surface area contributed by atoms with E-state index in [2.05, 4.69) is 4.90 Å². The van der Waals surface area contributed by atoms with Gasteiger partial charge < -0.3 is 14.9 Å². The summed E-state index contributed by atoms with van der Waals surface area (Å²) in [7, 11) is 1.98. The van der Waals surface area contributed by atoms with Gasteiger partial charge in [0, 0.05) is 26.1 Å². The maximum Gasteiger partial charge on any atom is 0.313 e. The number of rotatable bonds is 4. The van der Waals surface area contributed by atoms with Crippen LogP contribution in [0.1, 0.15) is 51.4 Å². The lowest BCUT2D eigenvalue weighted by Crippen LogP contribution is -2.52. The number of carboxylic acid groups (broad SMARTS) is 1. The molecular weight excluding hydrogens is 292 g/mol. The number of carboxylic acids is 1. The van der Waals surface area contributed by atoms with Crippen LogP contribution in [0.5, 0.6) is 0 Å². The Hall–Kier alpha value is -1.10. The molecule has 2 heterocycles. The van der Waals surface area contributed by atoms with Crippen LogP contribution in [0, 0.1) is 17.3 Å². The molecule has 1 N–H and O–H groups in total. The van der Waals surface area contributed by atoms with E-state index < -0.39 is 11.4 Å². The second-order valence-electron chi connectivity index (χ2n) is 8.00. The van der Waals surface area contributed by atoms with Crippen molar-refractivity contribution in [2.24, 2.45) is 17.3 Å². The van der Waals surface area contributed by atoms with Crippen LogP contribution in [-0.4, -0.2) is 60.0 Å². The molecule has 0 spiro atoms. The minimum absolute atomic E-state index is 0.120. The van der Waals surface area contributed by atoms with Crippen molar-refractivity contribution in [3.8, 4) is 0 Å². The SMILES string of the molecule is CN1CC[C@H]2CN(C(=O)CCC3CCCCC3)C[C@@]2(C(=O)O)C1. The van der Waals surface area contributed by atoms with Crippen molar-refractivity contribution < 1.29 is 14.7 Å². The van der Waals surface area contributed by atoms with Gasteiger partial charge in [-0.2, -0.15) is 0 Å². The number of piperidine rings is 1. The first-order valence-electron chi connectivity index (χ1n) is 9.21. The van der Waals surface area contributed by atoms with Crippen molar-refractivity contribution in [1.29, 1.82) is 0 Å². The molecule has 0 aromatic heterocycles. The number of likely N-dealkylation sites (tertiary alicyclic amines) is 2. The van der Waals surface area contributed by atoms with Crippen LogP contribution >= 0.6 is 0 Å². The minimum atomic E-state index is -0.743. The Bertz CT molecular complexity index is 461. The molecule has 2 saturated heterocycles. The molecule has 130 valence electrons. The fourth-order valence-electron chi connectivity index (χ4n) is 4.92. The predicted octanol–water partition coefficient (Wildman–Crippen LogP) is 2.21. The van der Waals surface area contributed by atoms with Gasteiger partial charge in [-0.3, -0.25) is 9.59 Å². The zero-order valence-corrected chi connectivity index (χ0v) is 14.3.